The molecule has 0 saturated carbocycles. The summed E-state index contributed by atoms with van der Waals surface area (Å²) in [6.45, 7) is 4.43. The minimum Gasteiger partial charge on any atom is -0.479 e. The molecule has 2 aliphatic heterocycles. The zero-order valence-electron chi connectivity index (χ0n) is 19.4. The van der Waals surface area contributed by atoms with Crippen LogP contribution in [0.25, 0.3) is 10.4 Å². The zero-order valence-corrected chi connectivity index (χ0v) is 19.4. The Bertz CT molecular complexity index is 684. The lowest BCUT2D eigenvalue weighted by molar-refractivity contribution is -0.337. The molecule has 0 aromatic carbocycles. The maximum atomic E-state index is 11.6. The average Bonchev–Trinajstić information content (AvgIpc) is 2.82. The molecule has 196 valence electrons. The zero-order chi connectivity index (χ0) is 25.3. The van der Waals surface area contributed by atoms with Gasteiger partial charge in [0.05, 0.1) is 12.7 Å². The number of hydrogen-bond donors (Lipinski definition) is 6. The molecule has 2 fully saturated rings. The van der Waals surface area contributed by atoms with E-state index in [0.29, 0.717) is 19.5 Å². The Morgan fingerprint density at radius 1 is 1.18 bits per heavy atom. The van der Waals surface area contributed by atoms with Crippen molar-refractivity contribution in [3.05, 3.63) is 10.4 Å². The number of carbonyl (C=O) groups is 1. The van der Waals surface area contributed by atoms with Gasteiger partial charge in [0.15, 0.2) is 18.7 Å². The summed E-state index contributed by atoms with van der Waals surface area (Å²) in [6, 6.07) is -0.892. The predicted molar refractivity (Wildman–Crippen MR) is 114 cm³/mol. The van der Waals surface area contributed by atoms with Crippen LogP contribution in [-0.4, -0.2) is 115 Å². The summed E-state index contributed by atoms with van der Waals surface area (Å²) in [5, 5.41) is 47.8. The summed E-state index contributed by atoms with van der Waals surface area (Å²) in [5.74, 6) is -2.21. The fraction of sp³-hybridized carbons (Fsp3) is 0.947. The van der Waals surface area contributed by atoms with E-state index in [1.54, 1.807) is 6.92 Å². The lowest BCUT2D eigenvalue weighted by atomic mass is 9.90. The third-order valence-electron chi connectivity index (χ3n) is 5.75. The molecule has 0 aromatic rings. The maximum absolute atomic E-state index is 11.6. The number of nitrogens with zero attached hydrogens (tertiary/aromatic N) is 3. The smallest absolute Gasteiger partial charge is 0.333 e. The molecule has 0 bridgehead atoms. The van der Waals surface area contributed by atoms with Crippen molar-refractivity contribution >= 4 is 5.97 Å². The first-order valence-electron chi connectivity index (χ1n) is 11.1. The lowest BCUT2D eigenvalue weighted by Gasteiger charge is -2.47. The number of hydroxylamine groups is 1. The van der Waals surface area contributed by atoms with E-state index in [0.717, 1.165) is 0 Å². The molecule has 0 radical (unpaired) electrons. The normalized spacial score (nSPS) is 38.3. The van der Waals surface area contributed by atoms with E-state index in [9.17, 15) is 25.2 Å². The van der Waals surface area contributed by atoms with Crippen molar-refractivity contribution < 1.29 is 49.0 Å². The van der Waals surface area contributed by atoms with E-state index in [-0.39, 0.29) is 13.2 Å². The molecule has 34 heavy (non-hydrogen) atoms. The molecule has 0 spiro atoms. The second-order valence-corrected chi connectivity index (χ2v) is 8.06. The van der Waals surface area contributed by atoms with E-state index < -0.39 is 67.1 Å². The molecular formula is C19H35N5O10. The van der Waals surface area contributed by atoms with Crippen molar-refractivity contribution in [1.82, 2.24) is 10.8 Å². The number of aliphatic hydroxyl groups is 3. The Balaban J connectivity index is 2.17. The maximum Gasteiger partial charge on any atom is 0.333 e. The highest BCUT2D eigenvalue weighted by molar-refractivity contribution is 5.73. The van der Waals surface area contributed by atoms with Crippen LogP contribution in [0.3, 0.4) is 0 Å². The van der Waals surface area contributed by atoms with E-state index >= 15 is 0 Å². The van der Waals surface area contributed by atoms with E-state index in [2.05, 4.69) is 20.8 Å². The van der Waals surface area contributed by atoms with Gasteiger partial charge in [0.1, 0.15) is 30.5 Å². The first-order chi connectivity index (χ1) is 16.3. The molecule has 10 atom stereocenters. The number of carboxylic acids is 1. The highest BCUT2D eigenvalue weighted by atomic mass is 16.7. The van der Waals surface area contributed by atoms with Gasteiger partial charge in [0.2, 0.25) is 0 Å². The van der Waals surface area contributed by atoms with Gasteiger partial charge in [-0.25, -0.2) is 4.79 Å². The van der Waals surface area contributed by atoms with Crippen LogP contribution < -0.4 is 10.8 Å². The highest BCUT2D eigenvalue weighted by Crippen LogP contribution is 2.31. The minimum absolute atomic E-state index is 0.185. The Morgan fingerprint density at radius 2 is 1.91 bits per heavy atom. The van der Waals surface area contributed by atoms with Crippen LogP contribution in [0.1, 0.15) is 20.3 Å². The van der Waals surface area contributed by atoms with Gasteiger partial charge in [-0.05, 0) is 25.4 Å². The first-order valence-corrected chi connectivity index (χ1v) is 11.1. The third kappa shape index (κ3) is 7.19. The van der Waals surface area contributed by atoms with Crippen LogP contribution in [0.2, 0.25) is 0 Å². The number of aliphatic hydroxyl groups excluding tert-OH is 3. The predicted octanol–water partition coefficient (Wildman–Crippen LogP) is -1.53. The molecule has 6 N–H and O–H groups in total. The fourth-order valence-corrected chi connectivity index (χ4v) is 3.87. The monoisotopic (exact) mass is 493 g/mol. The molecule has 0 amide bonds. The van der Waals surface area contributed by atoms with E-state index in [4.69, 9.17) is 29.3 Å². The standard InChI is InChI=1S/C19H35N5O10/c1-4-31-23-11-16(34-19-14(27)12(25)9(2)15(33-19)17(28)29)13(26)10(32-18(11)30-3)8-21-6-5-7-22-24-20/h9-16,18-19,21,23,25-27H,4-8H2,1-3H3,(H,28,29). The Labute approximate surface area is 196 Å². The van der Waals surface area contributed by atoms with Crippen LogP contribution in [0.4, 0.5) is 0 Å². The van der Waals surface area contributed by atoms with Crippen LogP contribution >= 0.6 is 0 Å². The second kappa shape index (κ2) is 14.1. The van der Waals surface area contributed by atoms with Crippen LogP contribution in [0.15, 0.2) is 5.11 Å². The van der Waals surface area contributed by atoms with Crippen molar-refractivity contribution in [1.29, 1.82) is 0 Å². The Morgan fingerprint density at radius 3 is 2.53 bits per heavy atom. The van der Waals surface area contributed by atoms with Crippen molar-refractivity contribution in [2.24, 2.45) is 11.0 Å². The largest absolute Gasteiger partial charge is 0.479 e. The van der Waals surface area contributed by atoms with Gasteiger partial charge >= 0.3 is 5.97 Å². The Hall–Kier alpha value is -1.62. The van der Waals surface area contributed by atoms with Gasteiger partial charge < -0.3 is 49.5 Å². The minimum atomic E-state index is -1.56. The van der Waals surface area contributed by atoms with Crippen molar-refractivity contribution in [2.75, 3.05) is 33.4 Å². The summed E-state index contributed by atoms with van der Waals surface area (Å²) in [4.78, 5) is 19.5. The van der Waals surface area contributed by atoms with Gasteiger partial charge in [-0.1, -0.05) is 12.0 Å². The number of rotatable bonds is 13. The molecule has 2 rings (SSSR count). The lowest BCUT2D eigenvalue weighted by Crippen LogP contribution is -2.67. The molecule has 15 heteroatoms. The van der Waals surface area contributed by atoms with Crippen LogP contribution in [0.5, 0.6) is 0 Å². The number of nitrogens with one attached hydrogen (secondary N) is 2. The number of carboxylic acid groups (broad SMARTS) is 1. The third-order valence-corrected chi connectivity index (χ3v) is 5.75. The molecule has 10 unspecified atom stereocenters. The number of aliphatic carboxylic acids is 1. The van der Waals surface area contributed by atoms with Crippen molar-refractivity contribution in [3.8, 4) is 0 Å². The summed E-state index contributed by atoms with van der Waals surface area (Å²) in [6.07, 6.45) is -9.60. The van der Waals surface area contributed by atoms with Crippen LogP contribution in [-0.2, 0) is 28.6 Å². The Kier molecular flexibility index (Phi) is 11.8. The van der Waals surface area contributed by atoms with Gasteiger partial charge in [0, 0.05) is 31.0 Å². The summed E-state index contributed by atoms with van der Waals surface area (Å²) >= 11 is 0. The number of azide groups is 1. The molecule has 0 aromatic heterocycles. The SMILES string of the molecule is CCONC1C(OC)OC(CNCCCN=[N+]=[N-])C(O)C1OC1OC(C(=O)O)C(C)C(O)C1O. The average molecular weight is 494 g/mol. The molecule has 15 nitrogen and oxygen atoms in total. The summed E-state index contributed by atoms with van der Waals surface area (Å²) < 4.78 is 22.5. The summed E-state index contributed by atoms with van der Waals surface area (Å²) in [7, 11) is 1.39. The molecular weight excluding hydrogens is 458 g/mol. The molecule has 2 aliphatic rings. The number of methoxy groups -OCH3 is 1. The number of hydrogen-bond acceptors (Lipinski definition) is 12. The highest BCUT2D eigenvalue weighted by Gasteiger charge is 2.51. The van der Waals surface area contributed by atoms with Gasteiger partial charge in [0.25, 0.3) is 0 Å². The van der Waals surface area contributed by atoms with E-state index in [1.165, 1.54) is 14.0 Å². The van der Waals surface area contributed by atoms with Gasteiger partial charge in [-0.2, -0.15) is 5.48 Å². The first kappa shape index (κ1) is 28.6. The van der Waals surface area contributed by atoms with Gasteiger partial charge in [-0.15, -0.1) is 0 Å². The van der Waals surface area contributed by atoms with Crippen molar-refractivity contribution in [2.45, 2.75) is 75.5 Å². The summed E-state index contributed by atoms with van der Waals surface area (Å²) in [5.41, 5.74) is 11.0. The van der Waals surface area contributed by atoms with Crippen molar-refractivity contribution in [3.63, 3.8) is 0 Å². The topological polar surface area (TPSA) is 217 Å². The molecule has 2 heterocycles. The van der Waals surface area contributed by atoms with Gasteiger partial charge in [-0.3, -0.25) is 0 Å². The van der Waals surface area contributed by atoms with Crippen LogP contribution in [0, 0.1) is 5.92 Å². The van der Waals surface area contributed by atoms with E-state index in [1.807, 2.05) is 0 Å². The number of ether oxygens (including phenoxy) is 4. The molecule has 2 saturated heterocycles. The fourth-order valence-electron chi connectivity index (χ4n) is 3.87. The quantitative estimate of drug-likeness (QED) is 0.0566. The molecule has 0 aliphatic carbocycles. The second-order valence-electron chi connectivity index (χ2n) is 8.06.